The van der Waals surface area contributed by atoms with Gasteiger partial charge in [-0.1, -0.05) is 11.6 Å². The maximum atomic E-state index is 5.80. The minimum Gasteiger partial charge on any atom is -0.489 e. The molecule has 0 saturated heterocycles. The zero-order valence-corrected chi connectivity index (χ0v) is 9.39. The number of nitrogens with two attached hydrogens (primary N) is 1. The van der Waals surface area contributed by atoms with Gasteiger partial charge in [-0.05, 0) is 24.3 Å². The monoisotopic (exact) mass is 237 g/mol. The Balaban J connectivity index is 2.15. The van der Waals surface area contributed by atoms with E-state index in [1.54, 1.807) is 17.1 Å². The molecule has 5 heteroatoms. The first-order chi connectivity index (χ1) is 7.79. The van der Waals surface area contributed by atoms with Crippen LogP contribution in [0.1, 0.15) is 0 Å². The highest BCUT2D eigenvalue weighted by Gasteiger charge is 2.01. The van der Waals surface area contributed by atoms with Gasteiger partial charge in [0, 0.05) is 11.6 Å². The lowest BCUT2D eigenvalue weighted by molar-refractivity contribution is 0.328. The van der Waals surface area contributed by atoms with Crippen LogP contribution in [0, 0.1) is 0 Å². The third-order valence-corrected chi connectivity index (χ3v) is 2.29. The van der Waals surface area contributed by atoms with Gasteiger partial charge >= 0.3 is 0 Å². The lowest BCUT2D eigenvalue weighted by Gasteiger charge is -2.01. The number of hydrogen-bond donors (Lipinski definition) is 1. The largest absolute Gasteiger partial charge is 0.489 e. The minimum absolute atomic E-state index is 0.492. The van der Waals surface area contributed by atoms with Gasteiger partial charge in [-0.2, -0.15) is 5.10 Å². The summed E-state index contributed by atoms with van der Waals surface area (Å²) in [6.45, 7) is 0.985. The van der Waals surface area contributed by atoms with Crippen molar-refractivity contribution in [2.75, 3.05) is 13.2 Å². The zero-order chi connectivity index (χ0) is 11.4. The molecule has 0 aliphatic rings. The molecule has 0 bridgehead atoms. The second kappa shape index (κ2) is 5.01. The Bertz CT molecular complexity index is 453. The Morgan fingerprint density at radius 1 is 1.31 bits per heavy atom. The molecule has 16 heavy (non-hydrogen) atoms. The van der Waals surface area contributed by atoms with Crippen LogP contribution in [-0.2, 0) is 0 Å². The van der Waals surface area contributed by atoms with Gasteiger partial charge in [0.15, 0.2) is 5.75 Å². The van der Waals surface area contributed by atoms with E-state index in [-0.39, 0.29) is 0 Å². The van der Waals surface area contributed by atoms with Crippen LogP contribution in [0.15, 0.2) is 36.7 Å². The normalized spacial score (nSPS) is 10.4. The summed E-state index contributed by atoms with van der Waals surface area (Å²) in [7, 11) is 0. The van der Waals surface area contributed by atoms with E-state index in [1.165, 1.54) is 0 Å². The lowest BCUT2D eigenvalue weighted by Crippen LogP contribution is -2.10. The molecule has 0 atom stereocenters. The molecule has 84 valence electrons. The van der Waals surface area contributed by atoms with Gasteiger partial charge in [-0.15, -0.1) is 0 Å². The van der Waals surface area contributed by atoms with Crippen LogP contribution in [-0.4, -0.2) is 22.9 Å². The number of aromatic nitrogens is 2. The molecule has 1 aromatic heterocycles. The summed E-state index contributed by atoms with van der Waals surface area (Å²) in [6.07, 6.45) is 3.46. The number of ether oxygens (including phenoxy) is 1. The van der Waals surface area contributed by atoms with Crippen LogP contribution in [0.3, 0.4) is 0 Å². The first-order valence-electron chi connectivity index (χ1n) is 4.93. The van der Waals surface area contributed by atoms with Crippen LogP contribution in [0.4, 0.5) is 0 Å². The van der Waals surface area contributed by atoms with Crippen molar-refractivity contribution in [2.24, 2.45) is 5.73 Å². The number of halogens is 1. The third kappa shape index (κ3) is 2.53. The van der Waals surface area contributed by atoms with E-state index >= 15 is 0 Å². The van der Waals surface area contributed by atoms with Crippen LogP contribution in [0.5, 0.6) is 5.75 Å². The fourth-order valence-electron chi connectivity index (χ4n) is 1.29. The number of hydrogen-bond acceptors (Lipinski definition) is 3. The average Bonchev–Trinajstić information content (AvgIpc) is 2.76. The second-order valence-corrected chi connectivity index (χ2v) is 3.67. The van der Waals surface area contributed by atoms with Crippen LogP contribution in [0.2, 0.25) is 5.02 Å². The Morgan fingerprint density at radius 3 is 2.75 bits per heavy atom. The Kier molecular flexibility index (Phi) is 3.44. The van der Waals surface area contributed by atoms with Gasteiger partial charge in [0.05, 0.1) is 18.1 Å². The van der Waals surface area contributed by atoms with Crippen molar-refractivity contribution < 1.29 is 4.74 Å². The van der Waals surface area contributed by atoms with E-state index in [0.717, 1.165) is 5.69 Å². The molecule has 0 radical (unpaired) electrons. The molecule has 0 saturated carbocycles. The van der Waals surface area contributed by atoms with Gasteiger partial charge in [0.25, 0.3) is 0 Å². The van der Waals surface area contributed by atoms with E-state index < -0.39 is 0 Å². The van der Waals surface area contributed by atoms with Crippen LogP contribution < -0.4 is 10.5 Å². The maximum Gasteiger partial charge on any atom is 0.157 e. The van der Waals surface area contributed by atoms with E-state index in [2.05, 4.69) is 5.10 Å². The molecular weight excluding hydrogens is 226 g/mol. The van der Waals surface area contributed by atoms with E-state index in [1.807, 2.05) is 24.3 Å². The highest BCUT2D eigenvalue weighted by Crippen LogP contribution is 2.15. The fourth-order valence-corrected chi connectivity index (χ4v) is 1.42. The number of nitrogens with zero attached hydrogens (tertiary/aromatic N) is 2. The maximum absolute atomic E-state index is 5.80. The summed E-state index contributed by atoms with van der Waals surface area (Å²) < 4.78 is 7.07. The molecule has 0 amide bonds. The SMILES string of the molecule is NCCOc1cnn(-c2ccc(Cl)cc2)c1. The van der Waals surface area contributed by atoms with Crippen molar-refractivity contribution in [2.45, 2.75) is 0 Å². The van der Waals surface area contributed by atoms with Crippen molar-refractivity contribution >= 4 is 11.6 Å². The second-order valence-electron chi connectivity index (χ2n) is 3.23. The first kappa shape index (κ1) is 11.0. The molecule has 0 fully saturated rings. The molecule has 0 aliphatic carbocycles. The standard InChI is InChI=1S/C11H12ClN3O/c12-9-1-3-10(4-2-9)15-8-11(7-14-15)16-6-5-13/h1-4,7-8H,5-6,13H2. The van der Waals surface area contributed by atoms with Crippen molar-refractivity contribution in [1.82, 2.24) is 9.78 Å². The van der Waals surface area contributed by atoms with Crippen molar-refractivity contribution in [3.05, 3.63) is 41.7 Å². The molecule has 0 spiro atoms. The quantitative estimate of drug-likeness (QED) is 0.883. The van der Waals surface area contributed by atoms with Crippen molar-refractivity contribution in [1.29, 1.82) is 0 Å². The fraction of sp³-hybridized carbons (Fsp3) is 0.182. The predicted molar refractivity (Wildman–Crippen MR) is 63.1 cm³/mol. The molecule has 2 N–H and O–H groups in total. The molecule has 2 rings (SSSR count). The highest BCUT2D eigenvalue weighted by molar-refractivity contribution is 6.30. The highest BCUT2D eigenvalue weighted by atomic mass is 35.5. The van der Waals surface area contributed by atoms with Gasteiger partial charge in [0.1, 0.15) is 6.61 Å². The van der Waals surface area contributed by atoms with Gasteiger partial charge in [0.2, 0.25) is 0 Å². The van der Waals surface area contributed by atoms with Gasteiger partial charge in [-0.25, -0.2) is 4.68 Å². The number of benzene rings is 1. The lowest BCUT2D eigenvalue weighted by atomic mass is 10.3. The molecule has 4 nitrogen and oxygen atoms in total. The van der Waals surface area contributed by atoms with E-state index in [9.17, 15) is 0 Å². The molecule has 1 heterocycles. The summed E-state index contributed by atoms with van der Waals surface area (Å²) in [4.78, 5) is 0. The first-order valence-corrected chi connectivity index (χ1v) is 5.31. The summed E-state index contributed by atoms with van der Waals surface area (Å²) >= 11 is 5.80. The average molecular weight is 238 g/mol. The van der Waals surface area contributed by atoms with E-state index in [4.69, 9.17) is 22.1 Å². The smallest absolute Gasteiger partial charge is 0.157 e. The Hall–Kier alpha value is -1.52. The topological polar surface area (TPSA) is 53.1 Å². The summed E-state index contributed by atoms with van der Waals surface area (Å²) in [5.74, 6) is 0.709. The third-order valence-electron chi connectivity index (χ3n) is 2.04. The van der Waals surface area contributed by atoms with Crippen molar-refractivity contribution in [3.8, 4) is 11.4 Å². The van der Waals surface area contributed by atoms with Crippen molar-refractivity contribution in [3.63, 3.8) is 0 Å². The van der Waals surface area contributed by atoms with Gasteiger partial charge in [-0.3, -0.25) is 0 Å². The molecular formula is C11H12ClN3O. The molecule has 1 aromatic carbocycles. The predicted octanol–water partition coefficient (Wildman–Crippen LogP) is 1.86. The number of rotatable bonds is 4. The molecule has 0 unspecified atom stereocenters. The molecule has 2 aromatic rings. The van der Waals surface area contributed by atoms with Crippen LogP contribution in [0.25, 0.3) is 5.69 Å². The summed E-state index contributed by atoms with van der Waals surface area (Å²) in [5.41, 5.74) is 6.28. The summed E-state index contributed by atoms with van der Waals surface area (Å²) in [5, 5.41) is 4.88. The Morgan fingerprint density at radius 2 is 2.06 bits per heavy atom. The minimum atomic E-state index is 0.492. The summed E-state index contributed by atoms with van der Waals surface area (Å²) in [6, 6.07) is 7.42. The van der Waals surface area contributed by atoms with Crippen LogP contribution >= 0.6 is 11.6 Å². The van der Waals surface area contributed by atoms with E-state index in [0.29, 0.717) is 23.9 Å². The van der Waals surface area contributed by atoms with Gasteiger partial charge < -0.3 is 10.5 Å². The zero-order valence-electron chi connectivity index (χ0n) is 8.64. The molecule has 0 aliphatic heterocycles. The Labute approximate surface area is 98.6 Å².